The molecule has 0 bridgehead atoms. The highest BCUT2D eigenvalue weighted by molar-refractivity contribution is 6.30. The summed E-state index contributed by atoms with van der Waals surface area (Å²) in [6.07, 6.45) is 2.54. The fraction of sp³-hybridized carbons (Fsp3) is 0.647. The number of hydrogen-bond acceptors (Lipinski definition) is 3. The first kappa shape index (κ1) is 16.6. The Morgan fingerprint density at radius 1 is 1.10 bits per heavy atom. The van der Waals surface area contributed by atoms with E-state index in [9.17, 15) is 0 Å². The standard InChI is InChI=1S/C17H28ClN3/c1-3-5-17(14-19-4-2)21-12-10-20(11-13-21)16-8-6-15(18)7-9-16/h6-9,17,19H,3-5,10-14H2,1-2H3. The minimum absolute atomic E-state index is 0.683. The Bertz CT molecular complexity index is 399. The smallest absolute Gasteiger partial charge is 0.0407 e. The SMILES string of the molecule is CCCC(CNCC)N1CCN(c2ccc(Cl)cc2)CC1. The first-order chi connectivity index (χ1) is 10.2. The molecule has 0 radical (unpaired) electrons. The van der Waals surface area contributed by atoms with Gasteiger partial charge in [-0.05, 0) is 37.2 Å². The number of rotatable bonds is 7. The van der Waals surface area contributed by atoms with Crippen LogP contribution in [0.25, 0.3) is 0 Å². The van der Waals surface area contributed by atoms with Crippen molar-refractivity contribution >= 4 is 17.3 Å². The van der Waals surface area contributed by atoms with Crippen molar-refractivity contribution in [3.8, 4) is 0 Å². The lowest BCUT2D eigenvalue weighted by atomic mass is 10.1. The van der Waals surface area contributed by atoms with Crippen molar-refractivity contribution in [3.63, 3.8) is 0 Å². The van der Waals surface area contributed by atoms with Crippen LogP contribution in [-0.2, 0) is 0 Å². The van der Waals surface area contributed by atoms with Gasteiger partial charge in [-0.25, -0.2) is 0 Å². The van der Waals surface area contributed by atoms with Crippen LogP contribution < -0.4 is 10.2 Å². The highest BCUT2D eigenvalue weighted by Gasteiger charge is 2.23. The summed E-state index contributed by atoms with van der Waals surface area (Å²) < 4.78 is 0. The van der Waals surface area contributed by atoms with Gasteiger partial charge >= 0.3 is 0 Å². The van der Waals surface area contributed by atoms with Crippen molar-refractivity contribution in [1.82, 2.24) is 10.2 Å². The van der Waals surface area contributed by atoms with E-state index in [4.69, 9.17) is 11.6 Å². The molecule has 3 nitrogen and oxygen atoms in total. The van der Waals surface area contributed by atoms with Crippen molar-refractivity contribution in [3.05, 3.63) is 29.3 Å². The van der Waals surface area contributed by atoms with E-state index in [2.05, 4.69) is 41.1 Å². The zero-order valence-electron chi connectivity index (χ0n) is 13.3. The second-order valence-electron chi connectivity index (χ2n) is 5.75. The van der Waals surface area contributed by atoms with E-state index in [1.165, 1.54) is 18.5 Å². The maximum absolute atomic E-state index is 5.96. The molecule has 1 aromatic rings. The van der Waals surface area contributed by atoms with Crippen LogP contribution in [-0.4, -0.2) is 50.2 Å². The van der Waals surface area contributed by atoms with E-state index in [0.29, 0.717) is 6.04 Å². The van der Waals surface area contributed by atoms with E-state index >= 15 is 0 Å². The number of anilines is 1. The normalized spacial score (nSPS) is 18.0. The summed E-state index contributed by atoms with van der Waals surface area (Å²) >= 11 is 5.96. The molecule has 1 atom stereocenters. The number of halogens is 1. The van der Waals surface area contributed by atoms with E-state index < -0.39 is 0 Å². The Kier molecular flexibility index (Phi) is 6.81. The van der Waals surface area contributed by atoms with E-state index in [-0.39, 0.29) is 0 Å². The van der Waals surface area contributed by atoms with Gasteiger partial charge in [-0.3, -0.25) is 4.90 Å². The Labute approximate surface area is 134 Å². The Hall–Kier alpha value is -0.770. The third kappa shape index (κ3) is 4.87. The molecule has 1 saturated heterocycles. The highest BCUT2D eigenvalue weighted by atomic mass is 35.5. The fourth-order valence-corrected chi connectivity index (χ4v) is 3.18. The molecule has 1 heterocycles. The molecule has 118 valence electrons. The summed E-state index contributed by atoms with van der Waals surface area (Å²) in [7, 11) is 0. The van der Waals surface area contributed by atoms with Gasteiger partial charge in [0, 0.05) is 49.5 Å². The average Bonchev–Trinajstić information content (AvgIpc) is 2.52. The zero-order chi connectivity index (χ0) is 15.1. The van der Waals surface area contributed by atoms with Gasteiger partial charge in [0.2, 0.25) is 0 Å². The second kappa shape index (κ2) is 8.62. The molecule has 0 aliphatic carbocycles. The largest absolute Gasteiger partial charge is 0.369 e. The molecule has 1 aromatic carbocycles. The van der Waals surface area contributed by atoms with Gasteiger partial charge in [0.25, 0.3) is 0 Å². The predicted molar refractivity (Wildman–Crippen MR) is 92.5 cm³/mol. The molecule has 0 spiro atoms. The Morgan fingerprint density at radius 3 is 2.33 bits per heavy atom. The third-order valence-electron chi connectivity index (χ3n) is 4.27. The molecular weight excluding hydrogens is 282 g/mol. The van der Waals surface area contributed by atoms with Gasteiger partial charge in [-0.15, -0.1) is 0 Å². The van der Waals surface area contributed by atoms with Crippen molar-refractivity contribution in [2.75, 3.05) is 44.2 Å². The molecule has 2 rings (SSSR count). The van der Waals surface area contributed by atoms with Gasteiger partial charge in [0.05, 0.1) is 0 Å². The lowest BCUT2D eigenvalue weighted by Gasteiger charge is -2.40. The average molecular weight is 310 g/mol. The quantitative estimate of drug-likeness (QED) is 0.834. The first-order valence-electron chi connectivity index (χ1n) is 8.19. The molecule has 0 amide bonds. The van der Waals surface area contributed by atoms with E-state index in [1.54, 1.807) is 0 Å². The fourth-order valence-electron chi connectivity index (χ4n) is 3.06. The molecule has 1 unspecified atom stereocenters. The lowest BCUT2D eigenvalue weighted by Crippen LogP contribution is -2.53. The molecule has 4 heteroatoms. The van der Waals surface area contributed by atoms with E-state index in [0.717, 1.165) is 44.3 Å². The second-order valence-corrected chi connectivity index (χ2v) is 6.19. The van der Waals surface area contributed by atoms with Crippen molar-refractivity contribution in [1.29, 1.82) is 0 Å². The summed E-state index contributed by atoms with van der Waals surface area (Å²) in [6, 6.07) is 8.89. The molecule has 0 saturated carbocycles. The summed E-state index contributed by atoms with van der Waals surface area (Å²) in [6.45, 7) is 11.2. The van der Waals surface area contributed by atoms with Gasteiger partial charge in [0.15, 0.2) is 0 Å². The summed E-state index contributed by atoms with van der Waals surface area (Å²) in [5.41, 5.74) is 1.29. The lowest BCUT2D eigenvalue weighted by molar-refractivity contribution is 0.172. The van der Waals surface area contributed by atoms with Crippen LogP contribution in [0, 0.1) is 0 Å². The number of benzene rings is 1. The molecule has 1 aliphatic rings. The van der Waals surface area contributed by atoms with Gasteiger partial charge < -0.3 is 10.2 Å². The molecular formula is C17H28ClN3. The van der Waals surface area contributed by atoms with Crippen LogP contribution in [0.5, 0.6) is 0 Å². The molecule has 1 aliphatic heterocycles. The van der Waals surface area contributed by atoms with E-state index in [1.807, 2.05) is 12.1 Å². The van der Waals surface area contributed by atoms with Crippen LogP contribution in [0.2, 0.25) is 5.02 Å². The van der Waals surface area contributed by atoms with Crippen molar-refractivity contribution in [2.45, 2.75) is 32.7 Å². The maximum atomic E-state index is 5.96. The van der Waals surface area contributed by atoms with Gasteiger partial charge in [0.1, 0.15) is 0 Å². The summed E-state index contributed by atoms with van der Waals surface area (Å²) in [5.74, 6) is 0. The number of nitrogens with zero attached hydrogens (tertiary/aromatic N) is 2. The van der Waals surface area contributed by atoms with Gasteiger partial charge in [-0.1, -0.05) is 31.9 Å². The zero-order valence-corrected chi connectivity index (χ0v) is 14.1. The van der Waals surface area contributed by atoms with Crippen LogP contribution >= 0.6 is 11.6 Å². The van der Waals surface area contributed by atoms with Gasteiger partial charge in [-0.2, -0.15) is 0 Å². The van der Waals surface area contributed by atoms with Crippen molar-refractivity contribution < 1.29 is 0 Å². The molecule has 21 heavy (non-hydrogen) atoms. The summed E-state index contributed by atoms with van der Waals surface area (Å²) in [5, 5.41) is 4.32. The number of hydrogen-bond donors (Lipinski definition) is 1. The third-order valence-corrected chi connectivity index (χ3v) is 4.53. The van der Waals surface area contributed by atoms with Crippen LogP contribution in [0.3, 0.4) is 0 Å². The monoisotopic (exact) mass is 309 g/mol. The molecule has 0 aromatic heterocycles. The highest BCUT2D eigenvalue weighted by Crippen LogP contribution is 2.20. The van der Waals surface area contributed by atoms with Crippen LogP contribution in [0.1, 0.15) is 26.7 Å². The minimum Gasteiger partial charge on any atom is -0.369 e. The number of piperazine rings is 1. The number of nitrogens with one attached hydrogen (secondary N) is 1. The van der Waals surface area contributed by atoms with Crippen LogP contribution in [0.15, 0.2) is 24.3 Å². The Balaban J connectivity index is 1.87. The predicted octanol–water partition coefficient (Wildman–Crippen LogP) is 3.24. The Morgan fingerprint density at radius 2 is 1.76 bits per heavy atom. The van der Waals surface area contributed by atoms with Crippen LogP contribution in [0.4, 0.5) is 5.69 Å². The maximum Gasteiger partial charge on any atom is 0.0407 e. The number of likely N-dealkylation sites (N-methyl/N-ethyl adjacent to an activating group) is 1. The first-order valence-corrected chi connectivity index (χ1v) is 8.57. The molecule has 1 N–H and O–H groups in total. The summed E-state index contributed by atoms with van der Waals surface area (Å²) in [4.78, 5) is 5.11. The topological polar surface area (TPSA) is 18.5 Å². The van der Waals surface area contributed by atoms with Crippen molar-refractivity contribution in [2.24, 2.45) is 0 Å². The molecule has 1 fully saturated rings. The minimum atomic E-state index is 0.683.